The standard InChI is InChI=1S/C11H21N5/c1-14(2)6-7-16-5-4-10-9(8-16)11(12)15(3)13-10/h4-8,12H2,1-3H3. The number of rotatable bonds is 3. The van der Waals surface area contributed by atoms with Gasteiger partial charge < -0.3 is 10.6 Å². The van der Waals surface area contributed by atoms with Crippen LogP contribution in [0.15, 0.2) is 0 Å². The summed E-state index contributed by atoms with van der Waals surface area (Å²) in [6.45, 7) is 4.23. The Morgan fingerprint density at radius 1 is 1.44 bits per heavy atom. The molecule has 2 N–H and O–H groups in total. The minimum absolute atomic E-state index is 0.824. The monoisotopic (exact) mass is 223 g/mol. The van der Waals surface area contributed by atoms with Crippen molar-refractivity contribution in [1.29, 1.82) is 0 Å². The molecule has 0 spiro atoms. The van der Waals surface area contributed by atoms with Crippen molar-refractivity contribution in [2.45, 2.75) is 13.0 Å². The lowest BCUT2D eigenvalue weighted by Crippen LogP contribution is -2.35. The van der Waals surface area contributed by atoms with Crippen LogP contribution in [0.2, 0.25) is 0 Å². The summed E-state index contributed by atoms with van der Waals surface area (Å²) in [5, 5.41) is 4.44. The molecule has 0 saturated carbocycles. The summed E-state index contributed by atoms with van der Waals surface area (Å²) in [5.41, 5.74) is 8.42. The molecule has 0 fully saturated rings. The van der Waals surface area contributed by atoms with Crippen LogP contribution in [0.1, 0.15) is 11.3 Å². The Morgan fingerprint density at radius 3 is 2.88 bits per heavy atom. The molecule has 5 nitrogen and oxygen atoms in total. The van der Waals surface area contributed by atoms with Crippen molar-refractivity contribution in [1.82, 2.24) is 19.6 Å². The smallest absolute Gasteiger partial charge is 0.126 e. The van der Waals surface area contributed by atoms with Crippen LogP contribution in [0.5, 0.6) is 0 Å². The van der Waals surface area contributed by atoms with E-state index in [1.807, 2.05) is 7.05 Å². The van der Waals surface area contributed by atoms with Crippen LogP contribution in [0.4, 0.5) is 5.82 Å². The molecule has 1 aliphatic heterocycles. The van der Waals surface area contributed by atoms with Gasteiger partial charge in [-0.25, -0.2) is 0 Å². The molecule has 0 amide bonds. The van der Waals surface area contributed by atoms with E-state index in [0.717, 1.165) is 38.4 Å². The van der Waals surface area contributed by atoms with Crippen molar-refractivity contribution >= 4 is 5.82 Å². The van der Waals surface area contributed by atoms with Crippen molar-refractivity contribution < 1.29 is 0 Å². The number of anilines is 1. The van der Waals surface area contributed by atoms with Crippen molar-refractivity contribution in [2.24, 2.45) is 7.05 Å². The van der Waals surface area contributed by atoms with Gasteiger partial charge in [0.2, 0.25) is 0 Å². The average Bonchev–Trinajstić information content (AvgIpc) is 2.52. The van der Waals surface area contributed by atoms with Crippen molar-refractivity contribution in [3.63, 3.8) is 0 Å². The lowest BCUT2D eigenvalue weighted by Gasteiger charge is -2.27. The zero-order valence-corrected chi connectivity index (χ0v) is 10.4. The molecule has 1 aliphatic rings. The van der Waals surface area contributed by atoms with Crippen molar-refractivity contribution in [3.8, 4) is 0 Å². The van der Waals surface area contributed by atoms with E-state index in [1.165, 1.54) is 11.3 Å². The van der Waals surface area contributed by atoms with Crippen LogP contribution in [-0.4, -0.2) is 53.3 Å². The quantitative estimate of drug-likeness (QED) is 0.779. The fraction of sp³-hybridized carbons (Fsp3) is 0.727. The highest BCUT2D eigenvalue weighted by molar-refractivity contribution is 5.44. The molecule has 0 aliphatic carbocycles. The Balaban J connectivity index is 2.02. The van der Waals surface area contributed by atoms with Gasteiger partial charge in [-0.15, -0.1) is 0 Å². The summed E-state index contributed by atoms with van der Waals surface area (Å²) < 4.78 is 1.79. The summed E-state index contributed by atoms with van der Waals surface area (Å²) in [5.74, 6) is 0.824. The number of nitrogen functional groups attached to an aromatic ring is 1. The number of nitrogens with zero attached hydrogens (tertiary/aromatic N) is 4. The molecular weight excluding hydrogens is 202 g/mol. The normalized spacial score (nSPS) is 16.8. The average molecular weight is 223 g/mol. The van der Waals surface area contributed by atoms with E-state index >= 15 is 0 Å². The maximum atomic E-state index is 6.00. The zero-order valence-electron chi connectivity index (χ0n) is 10.4. The minimum atomic E-state index is 0.824. The van der Waals surface area contributed by atoms with Gasteiger partial charge in [-0.05, 0) is 14.1 Å². The van der Waals surface area contributed by atoms with Crippen LogP contribution >= 0.6 is 0 Å². The second-order valence-electron chi connectivity index (χ2n) is 4.76. The molecule has 1 aromatic heterocycles. The topological polar surface area (TPSA) is 50.3 Å². The number of nitrogens with two attached hydrogens (primary N) is 1. The molecule has 0 aromatic carbocycles. The lowest BCUT2D eigenvalue weighted by atomic mass is 10.1. The first-order valence-corrected chi connectivity index (χ1v) is 5.75. The molecule has 0 radical (unpaired) electrons. The van der Waals surface area contributed by atoms with Crippen molar-refractivity contribution in [2.75, 3.05) is 39.5 Å². The first-order valence-electron chi connectivity index (χ1n) is 5.75. The fourth-order valence-electron chi connectivity index (χ4n) is 2.11. The molecule has 0 bridgehead atoms. The summed E-state index contributed by atoms with van der Waals surface area (Å²) in [6, 6.07) is 0. The van der Waals surface area contributed by atoms with Gasteiger partial charge in [0.1, 0.15) is 5.82 Å². The van der Waals surface area contributed by atoms with Crippen LogP contribution < -0.4 is 5.73 Å². The summed E-state index contributed by atoms with van der Waals surface area (Å²) in [4.78, 5) is 4.66. The molecule has 0 saturated heterocycles. The molecule has 0 atom stereocenters. The number of hydrogen-bond donors (Lipinski definition) is 1. The summed E-state index contributed by atoms with van der Waals surface area (Å²) >= 11 is 0. The molecule has 90 valence electrons. The Kier molecular flexibility index (Phi) is 3.16. The third-order valence-corrected chi connectivity index (χ3v) is 3.19. The third-order valence-electron chi connectivity index (χ3n) is 3.19. The van der Waals surface area contributed by atoms with Crippen LogP contribution in [0, 0.1) is 0 Å². The first-order chi connectivity index (χ1) is 7.58. The molecule has 2 heterocycles. The van der Waals surface area contributed by atoms with Gasteiger partial charge in [-0.2, -0.15) is 5.10 Å². The number of aryl methyl sites for hydroxylation is 1. The molecule has 16 heavy (non-hydrogen) atoms. The zero-order chi connectivity index (χ0) is 11.7. The van der Waals surface area contributed by atoms with E-state index < -0.39 is 0 Å². The maximum absolute atomic E-state index is 6.00. The fourth-order valence-corrected chi connectivity index (χ4v) is 2.11. The van der Waals surface area contributed by atoms with Gasteiger partial charge in [-0.1, -0.05) is 0 Å². The van der Waals surface area contributed by atoms with Gasteiger partial charge in [-0.3, -0.25) is 9.58 Å². The van der Waals surface area contributed by atoms with E-state index in [1.54, 1.807) is 4.68 Å². The number of likely N-dealkylation sites (N-methyl/N-ethyl adjacent to an activating group) is 1. The highest BCUT2D eigenvalue weighted by Gasteiger charge is 2.22. The largest absolute Gasteiger partial charge is 0.384 e. The highest BCUT2D eigenvalue weighted by atomic mass is 15.3. The third kappa shape index (κ3) is 2.20. The number of hydrogen-bond acceptors (Lipinski definition) is 4. The van der Waals surface area contributed by atoms with Gasteiger partial charge >= 0.3 is 0 Å². The van der Waals surface area contributed by atoms with E-state index in [0.29, 0.717) is 0 Å². The van der Waals surface area contributed by atoms with E-state index in [-0.39, 0.29) is 0 Å². The maximum Gasteiger partial charge on any atom is 0.126 e. The summed E-state index contributed by atoms with van der Waals surface area (Å²) in [6.07, 6.45) is 1.02. The van der Waals surface area contributed by atoms with Gasteiger partial charge in [0, 0.05) is 45.2 Å². The molecule has 1 aromatic rings. The molecule has 2 rings (SSSR count). The minimum Gasteiger partial charge on any atom is -0.384 e. The van der Waals surface area contributed by atoms with Crippen molar-refractivity contribution in [3.05, 3.63) is 11.3 Å². The Bertz CT molecular complexity index is 369. The Labute approximate surface area is 96.8 Å². The number of fused-ring (bicyclic) bond motifs is 1. The van der Waals surface area contributed by atoms with Crippen LogP contribution in [0.25, 0.3) is 0 Å². The van der Waals surface area contributed by atoms with Gasteiger partial charge in [0.15, 0.2) is 0 Å². The Hall–Kier alpha value is -1.07. The number of aromatic nitrogens is 2. The summed E-state index contributed by atoms with van der Waals surface area (Å²) in [7, 11) is 6.12. The molecular formula is C11H21N5. The van der Waals surface area contributed by atoms with Crippen LogP contribution in [-0.2, 0) is 20.0 Å². The highest BCUT2D eigenvalue weighted by Crippen LogP contribution is 2.22. The van der Waals surface area contributed by atoms with Gasteiger partial charge in [0.25, 0.3) is 0 Å². The van der Waals surface area contributed by atoms with E-state index in [9.17, 15) is 0 Å². The predicted molar refractivity (Wildman–Crippen MR) is 65.2 cm³/mol. The second-order valence-corrected chi connectivity index (χ2v) is 4.76. The lowest BCUT2D eigenvalue weighted by molar-refractivity contribution is 0.225. The van der Waals surface area contributed by atoms with Crippen LogP contribution in [0.3, 0.4) is 0 Å². The Morgan fingerprint density at radius 2 is 2.19 bits per heavy atom. The first kappa shape index (κ1) is 11.4. The van der Waals surface area contributed by atoms with E-state index in [4.69, 9.17) is 5.73 Å². The van der Waals surface area contributed by atoms with E-state index in [2.05, 4.69) is 29.0 Å². The molecule has 0 unspecified atom stereocenters. The van der Waals surface area contributed by atoms with Gasteiger partial charge in [0.05, 0.1) is 5.69 Å². The molecule has 5 heteroatoms. The second kappa shape index (κ2) is 4.43. The SMILES string of the molecule is CN(C)CCN1CCc2nn(C)c(N)c2C1. The predicted octanol–water partition coefficient (Wildman–Crippen LogP) is -0.0780.